The summed E-state index contributed by atoms with van der Waals surface area (Å²) in [7, 11) is 1.52. The van der Waals surface area contributed by atoms with Crippen molar-refractivity contribution in [1.29, 1.82) is 0 Å². The standard InChI is InChI=1S/C25H27N3O6/c1-5-33-25(31)22-15(2)23(26-16(22)3)24(30)28-18-10-8-9-17(13-18)27-21(29)14-34-20-12-7-6-11-19(20)32-4/h6-13,26H,5,14H2,1-4H3,(H,27,29)(H,28,30). The minimum Gasteiger partial charge on any atom is -0.493 e. The molecule has 1 heterocycles. The number of H-pyrrole nitrogens is 1. The second-order valence-electron chi connectivity index (χ2n) is 7.37. The second-order valence-corrected chi connectivity index (χ2v) is 7.37. The Hall–Kier alpha value is -4.27. The van der Waals surface area contributed by atoms with Gasteiger partial charge in [-0.25, -0.2) is 4.79 Å². The van der Waals surface area contributed by atoms with E-state index in [9.17, 15) is 14.4 Å². The van der Waals surface area contributed by atoms with Crippen LogP contribution >= 0.6 is 0 Å². The molecular formula is C25H27N3O6. The number of carbonyl (C=O) groups is 3. The molecule has 0 bridgehead atoms. The molecule has 9 heteroatoms. The van der Waals surface area contributed by atoms with Crippen LogP contribution in [0.3, 0.4) is 0 Å². The van der Waals surface area contributed by atoms with Crippen molar-refractivity contribution in [3.63, 3.8) is 0 Å². The third kappa shape index (κ3) is 5.74. The molecule has 0 saturated carbocycles. The van der Waals surface area contributed by atoms with Crippen molar-refractivity contribution >= 4 is 29.2 Å². The average molecular weight is 466 g/mol. The number of rotatable bonds is 9. The minimum atomic E-state index is -0.479. The molecule has 0 aliphatic rings. The fraction of sp³-hybridized carbons (Fsp3) is 0.240. The number of ether oxygens (including phenoxy) is 3. The van der Waals surface area contributed by atoms with Crippen molar-refractivity contribution in [3.8, 4) is 11.5 Å². The van der Waals surface area contributed by atoms with Crippen LogP contribution in [0, 0.1) is 13.8 Å². The Morgan fingerprint density at radius 2 is 1.62 bits per heavy atom. The van der Waals surface area contributed by atoms with Crippen LogP contribution in [0.25, 0.3) is 0 Å². The molecule has 2 amide bonds. The summed E-state index contributed by atoms with van der Waals surface area (Å²) in [6, 6.07) is 13.7. The van der Waals surface area contributed by atoms with Gasteiger partial charge in [0.25, 0.3) is 11.8 Å². The number of hydrogen-bond donors (Lipinski definition) is 3. The highest BCUT2D eigenvalue weighted by Gasteiger charge is 2.23. The van der Waals surface area contributed by atoms with Crippen molar-refractivity contribution in [2.45, 2.75) is 20.8 Å². The molecule has 9 nitrogen and oxygen atoms in total. The lowest BCUT2D eigenvalue weighted by molar-refractivity contribution is -0.118. The summed E-state index contributed by atoms with van der Waals surface area (Å²) >= 11 is 0. The molecule has 0 radical (unpaired) electrons. The fourth-order valence-corrected chi connectivity index (χ4v) is 3.43. The summed E-state index contributed by atoms with van der Waals surface area (Å²) < 4.78 is 15.8. The predicted octanol–water partition coefficient (Wildman–Crippen LogP) is 4.09. The Bertz CT molecular complexity index is 1200. The van der Waals surface area contributed by atoms with Crippen LogP contribution in [-0.4, -0.2) is 43.1 Å². The minimum absolute atomic E-state index is 0.214. The molecule has 0 atom stereocenters. The Balaban J connectivity index is 1.64. The first-order valence-electron chi connectivity index (χ1n) is 10.7. The van der Waals surface area contributed by atoms with Gasteiger partial charge in [0, 0.05) is 17.1 Å². The Labute approximate surface area is 197 Å². The van der Waals surface area contributed by atoms with Gasteiger partial charge in [0.05, 0.1) is 19.3 Å². The van der Waals surface area contributed by atoms with Crippen LogP contribution in [0.2, 0.25) is 0 Å². The maximum atomic E-state index is 12.8. The zero-order valence-corrected chi connectivity index (χ0v) is 19.5. The Morgan fingerprint density at radius 3 is 2.29 bits per heavy atom. The summed E-state index contributed by atoms with van der Waals surface area (Å²) in [5, 5.41) is 5.51. The van der Waals surface area contributed by atoms with Gasteiger partial charge in [-0.3, -0.25) is 9.59 Å². The molecule has 1 aromatic heterocycles. The van der Waals surface area contributed by atoms with Crippen molar-refractivity contribution in [3.05, 3.63) is 71.0 Å². The molecule has 0 spiro atoms. The quantitative estimate of drug-likeness (QED) is 0.410. The lowest BCUT2D eigenvalue weighted by Gasteiger charge is -2.11. The van der Waals surface area contributed by atoms with E-state index in [0.29, 0.717) is 39.7 Å². The highest BCUT2D eigenvalue weighted by Crippen LogP contribution is 2.26. The number of esters is 1. The third-order valence-corrected chi connectivity index (χ3v) is 4.98. The van der Waals surface area contributed by atoms with Gasteiger partial charge in [-0.2, -0.15) is 0 Å². The molecule has 2 aromatic carbocycles. The van der Waals surface area contributed by atoms with Crippen molar-refractivity contribution in [2.75, 3.05) is 31.0 Å². The summed E-state index contributed by atoms with van der Waals surface area (Å²) in [4.78, 5) is 40.3. The van der Waals surface area contributed by atoms with E-state index in [4.69, 9.17) is 14.2 Å². The molecule has 0 aliphatic carbocycles. The maximum absolute atomic E-state index is 12.8. The van der Waals surface area contributed by atoms with E-state index in [1.54, 1.807) is 69.3 Å². The zero-order valence-electron chi connectivity index (χ0n) is 19.5. The first-order chi connectivity index (χ1) is 16.3. The van der Waals surface area contributed by atoms with Gasteiger partial charge >= 0.3 is 5.97 Å². The monoisotopic (exact) mass is 465 g/mol. The first-order valence-corrected chi connectivity index (χ1v) is 10.7. The number of aromatic amines is 1. The number of anilines is 2. The lowest BCUT2D eigenvalue weighted by Crippen LogP contribution is -2.20. The molecule has 3 N–H and O–H groups in total. The van der Waals surface area contributed by atoms with E-state index in [1.807, 2.05) is 0 Å². The predicted molar refractivity (Wildman–Crippen MR) is 128 cm³/mol. The SMILES string of the molecule is CCOC(=O)c1c(C)[nH]c(C(=O)Nc2cccc(NC(=O)COc3ccccc3OC)c2)c1C. The van der Waals surface area contributed by atoms with E-state index in [2.05, 4.69) is 15.6 Å². The van der Waals surface area contributed by atoms with Crippen LogP contribution in [0.1, 0.15) is 39.0 Å². The lowest BCUT2D eigenvalue weighted by atomic mass is 10.1. The molecule has 0 aliphatic heterocycles. The topological polar surface area (TPSA) is 119 Å². The van der Waals surface area contributed by atoms with Gasteiger partial charge < -0.3 is 29.8 Å². The maximum Gasteiger partial charge on any atom is 0.340 e. The van der Waals surface area contributed by atoms with E-state index in [-0.39, 0.29) is 24.8 Å². The highest BCUT2D eigenvalue weighted by atomic mass is 16.5. The molecule has 0 fully saturated rings. The van der Waals surface area contributed by atoms with Gasteiger partial charge in [-0.15, -0.1) is 0 Å². The molecule has 34 heavy (non-hydrogen) atoms. The largest absolute Gasteiger partial charge is 0.493 e. The number of amides is 2. The number of para-hydroxylation sites is 2. The van der Waals surface area contributed by atoms with Gasteiger partial charge in [0.1, 0.15) is 5.69 Å². The molecular weight excluding hydrogens is 438 g/mol. The second kappa shape index (κ2) is 11.0. The van der Waals surface area contributed by atoms with Crippen molar-refractivity contribution in [1.82, 2.24) is 4.98 Å². The summed E-state index contributed by atoms with van der Waals surface area (Å²) in [5.41, 5.74) is 2.63. The average Bonchev–Trinajstić information content (AvgIpc) is 3.12. The van der Waals surface area contributed by atoms with Crippen LogP contribution in [0.4, 0.5) is 11.4 Å². The molecule has 0 saturated heterocycles. The summed E-state index contributed by atoms with van der Waals surface area (Å²) in [6.45, 7) is 5.14. The number of carbonyl (C=O) groups excluding carboxylic acids is 3. The zero-order chi connectivity index (χ0) is 24.7. The Morgan fingerprint density at radius 1 is 0.941 bits per heavy atom. The van der Waals surface area contributed by atoms with Crippen LogP contribution in [0.15, 0.2) is 48.5 Å². The highest BCUT2D eigenvalue weighted by molar-refractivity contribution is 6.07. The van der Waals surface area contributed by atoms with Crippen LogP contribution in [0.5, 0.6) is 11.5 Å². The van der Waals surface area contributed by atoms with Crippen LogP contribution in [-0.2, 0) is 9.53 Å². The van der Waals surface area contributed by atoms with E-state index in [0.717, 1.165) is 0 Å². The molecule has 3 aromatic rings. The Kier molecular flexibility index (Phi) is 7.92. The first kappa shape index (κ1) is 24.4. The number of benzene rings is 2. The molecule has 0 unspecified atom stereocenters. The van der Waals surface area contributed by atoms with Gasteiger partial charge in [-0.1, -0.05) is 18.2 Å². The summed E-state index contributed by atoms with van der Waals surface area (Å²) in [6.07, 6.45) is 0. The number of hydrogen-bond acceptors (Lipinski definition) is 6. The molecule has 3 rings (SSSR count). The van der Waals surface area contributed by atoms with E-state index >= 15 is 0 Å². The number of methoxy groups -OCH3 is 1. The third-order valence-electron chi connectivity index (χ3n) is 4.98. The van der Waals surface area contributed by atoms with E-state index < -0.39 is 11.9 Å². The summed E-state index contributed by atoms with van der Waals surface area (Å²) in [5.74, 6) is -0.280. The van der Waals surface area contributed by atoms with Crippen molar-refractivity contribution in [2.24, 2.45) is 0 Å². The number of aryl methyl sites for hydroxylation is 1. The number of aromatic nitrogens is 1. The molecule has 178 valence electrons. The smallest absolute Gasteiger partial charge is 0.340 e. The van der Waals surface area contributed by atoms with Gasteiger partial charge in [0.15, 0.2) is 18.1 Å². The van der Waals surface area contributed by atoms with Crippen LogP contribution < -0.4 is 20.1 Å². The van der Waals surface area contributed by atoms with Crippen molar-refractivity contribution < 1.29 is 28.6 Å². The number of nitrogens with one attached hydrogen (secondary N) is 3. The van der Waals surface area contributed by atoms with E-state index in [1.165, 1.54) is 7.11 Å². The normalized spacial score (nSPS) is 10.4. The fourth-order valence-electron chi connectivity index (χ4n) is 3.43. The van der Waals surface area contributed by atoms with Gasteiger partial charge in [-0.05, 0) is 56.7 Å². The van der Waals surface area contributed by atoms with Gasteiger partial charge in [0.2, 0.25) is 0 Å².